The van der Waals surface area contributed by atoms with Gasteiger partial charge in [-0.1, -0.05) is 23.2 Å². The van der Waals surface area contributed by atoms with Crippen molar-refractivity contribution in [3.05, 3.63) is 100.0 Å². The second kappa shape index (κ2) is 8.22. The van der Waals surface area contributed by atoms with E-state index in [1.54, 1.807) is 35.9 Å². The molecule has 0 unspecified atom stereocenters. The van der Waals surface area contributed by atoms with E-state index in [-0.39, 0.29) is 34.0 Å². The molecule has 2 N–H and O–H groups in total. The molecule has 0 radical (unpaired) electrons. The maximum absolute atomic E-state index is 13.3. The first-order valence-corrected chi connectivity index (χ1v) is 11.5. The fraction of sp³-hybridized carbons (Fsp3) is 0.0870. The summed E-state index contributed by atoms with van der Waals surface area (Å²) in [6, 6.07) is 9.01. The summed E-state index contributed by atoms with van der Waals surface area (Å²) < 4.78 is 2.22. The van der Waals surface area contributed by atoms with E-state index in [2.05, 4.69) is 4.98 Å². The van der Waals surface area contributed by atoms with Crippen molar-refractivity contribution in [2.24, 2.45) is 0 Å². The summed E-state index contributed by atoms with van der Waals surface area (Å²) in [5.74, 6) is -1.38. The van der Waals surface area contributed by atoms with Gasteiger partial charge < -0.3 is 14.7 Å². The van der Waals surface area contributed by atoms with Gasteiger partial charge in [-0.05, 0) is 30.7 Å². The van der Waals surface area contributed by atoms with Gasteiger partial charge in [0.2, 0.25) is 0 Å². The number of aromatic carboxylic acids is 1. The smallest absolute Gasteiger partial charge is 0.354 e. The molecule has 0 amide bonds. The fourth-order valence-electron chi connectivity index (χ4n) is 4.17. The maximum Gasteiger partial charge on any atom is 0.354 e. The number of non-ortho nitro benzene ring substituents is 1. The van der Waals surface area contributed by atoms with Gasteiger partial charge >= 0.3 is 11.7 Å². The van der Waals surface area contributed by atoms with Crippen LogP contribution >= 0.6 is 22.9 Å². The number of aromatic amines is 1. The standard InChI is InChI=1S/C23H15ClN4O6S/c1-11-2-5-18-14(6-11)19(27-21(29)15-9-35-10-17(15)25-23(27)32)20(22(30)31)26(18)8-12-7-13(28(33)34)3-4-16(12)24/h2-7,9-10H,8H2,1H3,(H,25,32)(H,30,31). The lowest BCUT2D eigenvalue weighted by Gasteiger charge is -2.11. The Morgan fingerprint density at radius 1 is 1.17 bits per heavy atom. The van der Waals surface area contributed by atoms with Crippen LogP contribution < -0.4 is 11.2 Å². The Morgan fingerprint density at radius 3 is 2.66 bits per heavy atom. The Balaban J connectivity index is 1.88. The molecule has 12 heteroatoms. The summed E-state index contributed by atoms with van der Waals surface area (Å²) in [5.41, 5.74) is -0.177. The highest BCUT2D eigenvalue weighted by Crippen LogP contribution is 2.32. The van der Waals surface area contributed by atoms with Crippen molar-refractivity contribution in [2.45, 2.75) is 13.5 Å². The number of aromatic nitrogens is 3. The molecule has 35 heavy (non-hydrogen) atoms. The topological polar surface area (TPSA) is 140 Å². The highest BCUT2D eigenvalue weighted by atomic mass is 35.5. The van der Waals surface area contributed by atoms with E-state index in [0.717, 1.165) is 10.1 Å². The zero-order chi connectivity index (χ0) is 25.0. The summed E-state index contributed by atoms with van der Waals surface area (Å²) in [6.45, 7) is 1.66. The van der Waals surface area contributed by atoms with Gasteiger partial charge in [-0.2, -0.15) is 0 Å². The van der Waals surface area contributed by atoms with Crippen molar-refractivity contribution in [3.63, 3.8) is 0 Å². The molecule has 0 atom stereocenters. The van der Waals surface area contributed by atoms with Gasteiger partial charge in [0, 0.05) is 33.3 Å². The van der Waals surface area contributed by atoms with Crippen molar-refractivity contribution >= 4 is 56.4 Å². The van der Waals surface area contributed by atoms with Crippen LogP contribution in [0.3, 0.4) is 0 Å². The lowest BCUT2D eigenvalue weighted by molar-refractivity contribution is -0.384. The molecular weight excluding hydrogens is 496 g/mol. The van der Waals surface area contributed by atoms with Gasteiger partial charge in [-0.15, -0.1) is 11.3 Å². The average Bonchev–Trinajstić information content (AvgIpc) is 3.38. The zero-order valence-electron chi connectivity index (χ0n) is 17.9. The predicted molar refractivity (Wildman–Crippen MR) is 132 cm³/mol. The largest absolute Gasteiger partial charge is 0.477 e. The number of carbonyl (C=O) groups is 1. The first kappa shape index (κ1) is 22.6. The minimum atomic E-state index is -1.38. The van der Waals surface area contributed by atoms with Crippen LogP contribution in [0.25, 0.3) is 27.5 Å². The molecule has 0 fully saturated rings. The number of nitrogens with zero attached hydrogens (tertiary/aromatic N) is 3. The molecule has 3 heterocycles. The van der Waals surface area contributed by atoms with Gasteiger partial charge in [0.1, 0.15) is 0 Å². The summed E-state index contributed by atoms with van der Waals surface area (Å²) >= 11 is 7.53. The van der Waals surface area contributed by atoms with Crippen LogP contribution in [0.4, 0.5) is 5.69 Å². The van der Waals surface area contributed by atoms with E-state index in [1.165, 1.54) is 34.1 Å². The van der Waals surface area contributed by atoms with E-state index >= 15 is 0 Å². The van der Waals surface area contributed by atoms with Crippen molar-refractivity contribution in [3.8, 4) is 5.69 Å². The minimum Gasteiger partial charge on any atom is -0.477 e. The number of hydrogen-bond acceptors (Lipinski definition) is 6. The Kier molecular flexibility index (Phi) is 5.30. The quantitative estimate of drug-likeness (QED) is 0.266. The Labute approximate surface area is 204 Å². The van der Waals surface area contributed by atoms with Crippen LogP contribution in [0.15, 0.2) is 56.7 Å². The van der Waals surface area contributed by atoms with Gasteiger partial charge in [-0.3, -0.25) is 14.9 Å². The van der Waals surface area contributed by atoms with Crippen molar-refractivity contribution < 1.29 is 14.8 Å². The van der Waals surface area contributed by atoms with Crippen LogP contribution in [-0.4, -0.2) is 30.1 Å². The molecule has 176 valence electrons. The third kappa shape index (κ3) is 3.61. The van der Waals surface area contributed by atoms with Crippen LogP contribution in [0.1, 0.15) is 21.6 Å². The molecule has 2 aromatic carbocycles. The SMILES string of the molecule is Cc1ccc2c(c1)c(-n1c(=O)[nH]c3cscc3c1=O)c(C(=O)O)n2Cc1cc([N+](=O)[O-])ccc1Cl. The molecular formula is C23H15ClN4O6S. The van der Waals surface area contributed by atoms with Gasteiger partial charge in [0.05, 0.1) is 33.6 Å². The monoisotopic (exact) mass is 510 g/mol. The second-order valence-electron chi connectivity index (χ2n) is 7.91. The Hall–Kier alpha value is -4.22. The summed E-state index contributed by atoms with van der Waals surface area (Å²) in [4.78, 5) is 52.2. The molecule has 0 saturated carbocycles. The number of thiophene rings is 1. The van der Waals surface area contributed by atoms with E-state index < -0.39 is 22.1 Å². The van der Waals surface area contributed by atoms with Gasteiger partial charge in [0.15, 0.2) is 5.69 Å². The number of nitro benzene ring substituents is 1. The maximum atomic E-state index is 13.3. The Morgan fingerprint density at radius 2 is 1.94 bits per heavy atom. The highest BCUT2D eigenvalue weighted by molar-refractivity contribution is 7.09. The summed E-state index contributed by atoms with van der Waals surface area (Å²) in [5, 5.41) is 25.5. The van der Waals surface area contributed by atoms with E-state index in [1.807, 2.05) is 0 Å². The molecule has 0 aliphatic carbocycles. The number of hydrogen-bond donors (Lipinski definition) is 2. The van der Waals surface area contributed by atoms with Crippen LogP contribution in [0.2, 0.25) is 5.02 Å². The van der Waals surface area contributed by atoms with E-state index in [4.69, 9.17) is 11.6 Å². The third-order valence-electron chi connectivity index (χ3n) is 5.73. The molecule has 0 bridgehead atoms. The number of aryl methyl sites for hydroxylation is 1. The summed E-state index contributed by atoms with van der Waals surface area (Å²) in [7, 11) is 0. The molecule has 0 aliphatic rings. The second-order valence-corrected chi connectivity index (χ2v) is 9.06. The van der Waals surface area contributed by atoms with E-state index in [0.29, 0.717) is 22.0 Å². The average molecular weight is 511 g/mol. The molecule has 10 nitrogen and oxygen atoms in total. The fourth-order valence-corrected chi connectivity index (χ4v) is 5.10. The van der Waals surface area contributed by atoms with Crippen LogP contribution in [0, 0.1) is 17.0 Å². The molecule has 5 rings (SSSR count). The van der Waals surface area contributed by atoms with E-state index in [9.17, 15) is 29.6 Å². The molecule has 5 aromatic rings. The van der Waals surface area contributed by atoms with Crippen LogP contribution in [-0.2, 0) is 6.54 Å². The number of carboxylic acids is 1. The predicted octanol–water partition coefficient (Wildman–Crippen LogP) is 4.31. The first-order valence-electron chi connectivity index (χ1n) is 10.2. The number of rotatable bonds is 5. The van der Waals surface area contributed by atoms with Gasteiger partial charge in [0.25, 0.3) is 11.2 Å². The normalized spacial score (nSPS) is 11.4. The first-order chi connectivity index (χ1) is 16.7. The van der Waals surface area contributed by atoms with Crippen LogP contribution in [0.5, 0.6) is 0 Å². The third-order valence-corrected chi connectivity index (χ3v) is 6.84. The number of fused-ring (bicyclic) bond motifs is 2. The van der Waals surface area contributed by atoms with Crippen molar-refractivity contribution in [1.29, 1.82) is 0 Å². The molecule has 0 saturated heterocycles. The zero-order valence-corrected chi connectivity index (χ0v) is 19.5. The van der Waals surface area contributed by atoms with Crippen molar-refractivity contribution in [2.75, 3.05) is 0 Å². The highest BCUT2D eigenvalue weighted by Gasteiger charge is 2.27. The van der Waals surface area contributed by atoms with Crippen molar-refractivity contribution in [1.82, 2.24) is 14.1 Å². The Bertz CT molecular complexity index is 1810. The lowest BCUT2D eigenvalue weighted by atomic mass is 10.1. The molecule has 0 aliphatic heterocycles. The lowest BCUT2D eigenvalue weighted by Crippen LogP contribution is -2.34. The number of nitrogens with one attached hydrogen (secondary N) is 1. The summed E-state index contributed by atoms with van der Waals surface area (Å²) in [6.07, 6.45) is 0. The number of carboxylic acid groups (broad SMARTS) is 1. The minimum absolute atomic E-state index is 0.0860. The number of benzene rings is 2. The number of nitro groups is 1. The molecule has 0 spiro atoms. The number of H-pyrrole nitrogens is 1. The number of halogens is 1. The molecule has 3 aromatic heterocycles. The van der Waals surface area contributed by atoms with Gasteiger partial charge in [-0.25, -0.2) is 14.2 Å².